The van der Waals surface area contributed by atoms with Gasteiger partial charge in [0.1, 0.15) is 12.6 Å². The lowest BCUT2D eigenvalue weighted by Crippen LogP contribution is -2.56. The Kier molecular flexibility index (Phi) is 6.53. The number of fused-ring (bicyclic) bond motifs is 2. The molecule has 1 spiro atoms. The van der Waals surface area contributed by atoms with Crippen LogP contribution in [0.2, 0.25) is 0 Å². The van der Waals surface area contributed by atoms with Crippen molar-refractivity contribution in [1.29, 1.82) is 0 Å². The Hall–Kier alpha value is -2.58. The van der Waals surface area contributed by atoms with Crippen LogP contribution in [0.25, 0.3) is 0 Å². The monoisotopic (exact) mass is 510 g/mol. The van der Waals surface area contributed by atoms with Gasteiger partial charge in [0.2, 0.25) is 11.8 Å². The zero-order valence-corrected chi connectivity index (χ0v) is 21.8. The first-order valence-corrected chi connectivity index (χ1v) is 13.5. The number of amides is 2. The summed E-state index contributed by atoms with van der Waals surface area (Å²) in [5, 5.41) is 10.4. The molecule has 0 bridgehead atoms. The Morgan fingerprint density at radius 3 is 2.53 bits per heavy atom. The number of thioether (sulfide) groups is 1. The molecule has 0 radical (unpaired) electrons. The first-order chi connectivity index (χ1) is 17.2. The summed E-state index contributed by atoms with van der Waals surface area (Å²) < 4.78 is 3.88. The third-order valence-corrected chi connectivity index (χ3v) is 9.69. The number of aliphatic hydroxyl groups is 1. The molecule has 2 fully saturated rings. The molecule has 1 N–H and O–H groups in total. The average molecular weight is 511 g/mol. The van der Waals surface area contributed by atoms with Crippen LogP contribution in [0.4, 0.5) is 0 Å². The highest BCUT2D eigenvalue weighted by Gasteiger charge is 2.74. The minimum atomic E-state index is -0.926. The maximum atomic E-state index is 14.4. The van der Waals surface area contributed by atoms with Crippen LogP contribution < -0.4 is 0 Å². The first-order valence-electron chi connectivity index (χ1n) is 12.7. The molecule has 0 saturated carbocycles. The van der Waals surface area contributed by atoms with Gasteiger partial charge in [-0.25, -0.2) is 0 Å². The number of hydrogen-bond donors (Lipinski definition) is 1. The van der Waals surface area contributed by atoms with E-state index in [1.54, 1.807) is 9.80 Å². The van der Waals surface area contributed by atoms with Crippen molar-refractivity contribution in [1.82, 2.24) is 9.80 Å². The van der Waals surface area contributed by atoms with Crippen molar-refractivity contribution in [3.63, 3.8) is 0 Å². The number of rotatable bonds is 6. The molecule has 1 aromatic carbocycles. The van der Waals surface area contributed by atoms with Crippen LogP contribution >= 0.6 is 11.8 Å². The lowest BCUT2D eigenvalue weighted by atomic mass is 9.75. The molecule has 6 atom stereocenters. The highest BCUT2D eigenvalue weighted by atomic mass is 32.2. The van der Waals surface area contributed by atoms with Gasteiger partial charge in [0.05, 0.1) is 29.2 Å². The number of hydrogen-bond acceptors (Lipinski definition) is 6. The first kappa shape index (κ1) is 25.1. The molecule has 4 aliphatic heterocycles. The average Bonchev–Trinajstić information content (AvgIpc) is 3.11. The van der Waals surface area contributed by atoms with Crippen LogP contribution in [0.3, 0.4) is 0 Å². The van der Waals surface area contributed by atoms with Crippen molar-refractivity contribution in [2.75, 3.05) is 19.8 Å². The third kappa shape index (κ3) is 3.89. The quantitative estimate of drug-likeness (QED) is 0.468. The van der Waals surface area contributed by atoms with Crippen molar-refractivity contribution < 1.29 is 24.2 Å². The van der Waals surface area contributed by atoms with Gasteiger partial charge in [-0.15, -0.1) is 11.8 Å². The van der Waals surface area contributed by atoms with Gasteiger partial charge in [-0.05, 0) is 30.9 Å². The number of benzene rings is 1. The molecule has 4 aliphatic rings. The fourth-order valence-electron chi connectivity index (χ4n) is 6.50. The summed E-state index contributed by atoms with van der Waals surface area (Å²) in [5.74, 6) is -2.03. The second kappa shape index (κ2) is 9.38. The second-order valence-corrected chi connectivity index (χ2v) is 12.6. The largest absolute Gasteiger partial charge is 0.461 e. The SMILES string of the molecule is CC(C)C[C@H](CO)N1C(=O)[C@@H]2[C@@H]3C(=O)OCC=C[C@]3(C)S[C@@]23C=CCN(Cc2ccccc2)C(=O)C13. The van der Waals surface area contributed by atoms with Crippen LogP contribution in [0.5, 0.6) is 0 Å². The highest BCUT2D eigenvalue weighted by molar-refractivity contribution is 8.02. The topological polar surface area (TPSA) is 87.2 Å². The fourth-order valence-corrected chi connectivity index (χ4v) is 8.64. The van der Waals surface area contributed by atoms with Crippen molar-refractivity contribution in [2.24, 2.45) is 17.8 Å². The van der Waals surface area contributed by atoms with Gasteiger partial charge in [0, 0.05) is 17.8 Å². The van der Waals surface area contributed by atoms with Gasteiger partial charge < -0.3 is 19.6 Å². The summed E-state index contributed by atoms with van der Waals surface area (Å²) in [7, 11) is 0. The van der Waals surface area contributed by atoms with E-state index in [1.807, 2.05) is 75.4 Å². The van der Waals surface area contributed by atoms with E-state index in [9.17, 15) is 19.5 Å². The molecule has 36 heavy (non-hydrogen) atoms. The molecular formula is C28H34N2O5S. The zero-order valence-electron chi connectivity index (χ0n) is 21.0. The maximum Gasteiger partial charge on any atom is 0.311 e. The Balaban J connectivity index is 1.62. The van der Waals surface area contributed by atoms with E-state index >= 15 is 0 Å². The van der Waals surface area contributed by atoms with Crippen molar-refractivity contribution in [3.8, 4) is 0 Å². The van der Waals surface area contributed by atoms with E-state index in [-0.39, 0.29) is 30.9 Å². The van der Waals surface area contributed by atoms with Gasteiger partial charge >= 0.3 is 5.97 Å². The Morgan fingerprint density at radius 1 is 1.08 bits per heavy atom. The zero-order chi connectivity index (χ0) is 25.7. The number of esters is 1. The highest BCUT2D eigenvalue weighted by Crippen LogP contribution is 2.65. The number of ether oxygens (including phenoxy) is 1. The van der Waals surface area contributed by atoms with Gasteiger partial charge in [-0.2, -0.15) is 0 Å². The number of aliphatic hydroxyl groups excluding tert-OH is 1. The molecular weight excluding hydrogens is 476 g/mol. The minimum absolute atomic E-state index is 0.146. The van der Waals surface area contributed by atoms with Gasteiger partial charge in [0.15, 0.2) is 0 Å². The number of nitrogens with zero attached hydrogens (tertiary/aromatic N) is 2. The third-order valence-electron chi connectivity index (χ3n) is 7.90. The minimum Gasteiger partial charge on any atom is -0.461 e. The van der Waals surface area contributed by atoms with E-state index in [0.717, 1.165) is 5.56 Å². The maximum absolute atomic E-state index is 14.4. The summed E-state index contributed by atoms with van der Waals surface area (Å²) in [5.41, 5.74) is 1.01. The molecule has 4 heterocycles. The molecule has 1 aromatic rings. The molecule has 0 aliphatic carbocycles. The standard InChI is InChI=1S/C28H34N2O5S/c1-18(2)15-20(17-31)30-23-25(33)29(16-19-9-5-4-6-10-19)13-7-12-28(23)21(24(30)32)22-26(34)35-14-8-11-27(22,3)36-28/h4-12,18,20-23,31H,13-17H2,1-3H3/t20-,21+,22-,23?,27+,28+/m1/s1. The Bertz CT molecular complexity index is 1100. The molecule has 2 saturated heterocycles. The normalized spacial score (nSPS) is 34.2. The summed E-state index contributed by atoms with van der Waals surface area (Å²) in [6, 6.07) is 8.47. The molecule has 0 aromatic heterocycles. The molecule has 8 heteroatoms. The summed E-state index contributed by atoms with van der Waals surface area (Å²) in [6.07, 6.45) is 8.33. The van der Waals surface area contributed by atoms with Crippen LogP contribution in [-0.2, 0) is 25.7 Å². The molecule has 192 valence electrons. The second-order valence-electron chi connectivity index (χ2n) is 10.8. The fraction of sp³-hybridized carbons (Fsp3) is 0.536. The number of carbonyl (C=O) groups is 3. The van der Waals surface area contributed by atoms with Crippen LogP contribution in [0, 0.1) is 17.8 Å². The van der Waals surface area contributed by atoms with E-state index in [0.29, 0.717) is 19.5 Å². The van der Waals surface area contributed by atoms with Crippen molar-refractivity contribution in [3.05, 3.63) is 60.2 Å². The van der Waals surface area contributed by atoms with E-state index < -0.39 is 39.4 Å². The number of likely N-dealkylation sites (tertiary alicyclic amines) is 1. The van der Waals surface area contributed by atoms with Crippen molar-refractivity contribution >= 4 is 29.5 Å². The smallest absolute Gasteiger partial charge is 0.311 e. The number of cyclic esters (lactones) is 1. The summed E-state index contributed by atoms with van der Waals surface area (Å²) in [6.45, 7) is 6.82. The molecule has 1 unspecified atom stereocenters. The predicted molar refractivity (Wildman–Crippen MR) is 138 cm³/mol. The molecule has 5 rings (SSSR count). The molecule has 2 amide bonds. The summed E-state index contributed by atoms with van der Waals surface area (Å²) in [4.78, 5) is 45.3. The van der Waals surface area contributed by atoms with E-state index in [4.69, 9.17) is 4.74 Å². The Morgan fingerprint density at radius 2 is 1.83 bits per heavy atom. The lowest BCUT2D eigenvalue weighted by Gasteiger charge is -2.40. The van der Waals surface area contributed by atoms with Crippen molar-refractivity contribution in [2.45, 2.75) is 55.3 Å². The van der Waals surface area contributed by atoms with Crippen LogP contribution in [-0.4, -0.2) is 74.0 Å². The van der Waals surface area contributed by atoms with Crippen LogP contribution in [0.15, 0.2) is 54.6 Å². The predicted octanol–water partition coefficient (Wildman–Crippen LogP) is 2.79. The molecule has 7 nitrogen and oxygen atoms in total. The van der Waals surface area contributed by atoms with Gasteiger partial charge in [-0.1, -0.05) is 62.4 Å². The van der Waals surface area contributed by atoms with E-state index in [1.165, 1.54) is 11.8 Å². The van der Waals surface area contributed by atoms with Gasteiger partial charge in [0.25, 0.3) is 0 Å². The van der Waals surface area contributed by atoms with Gasteiger partial charge in [-0.3, -0.25) is 14.4 Å². The lowest BCUT2D eigenvalue weighted by molar-refractivity contribution is -0.153. The Labute approximate surface area is 216 Å². The van der Waals surface area contributed by atoms with E-state index in [2.05, 4.69) is 0 Å². The summed E-state index contributed by atoms with van der Waals surface area (Å²) >= 11 is 1.53. The number of carbonyl (C=O) groups excluding carboxylic acids is 3. The van der Waals surface area contributed by atoms with Crippen LogP contribution in [0.1, 0.15) is 32.8 Å².